The van der Waals surface area contributed by atoms with E-state index in [2.05, 4.69) is 0 Å². The third kappa shape index (κ3) is 3.89. The molecular formula is C27H33NO10. The fraction of sp³-hybridized carbons (Fsp3) is 0.481. The van der Waals surface area contributed by atoms with Crippen LogP contribution in [-0.4, -0.2) is 79.1 Å². The van der Waals surface area contributed by atoms with E-state index in [-0.39, 0.29) is 57.7 Å². The summed E-state index contributed by atoms with van der Waals surface area (Å²) < 4.78 is 17.3. The molecule has 1 saturated heterocycles. The second kappa shape index (κ2) is 9.30. The highest BCUT2D eigenvalue weighted by atomic mass is 16.7. The van der Waals surface area contributed by atoms with Gasteiger partial charge in [-0.2, -0.15) is 0 Å². The Bertz CT molecular complexity index is 1400. The summed E-state index contributed by atoms with van der Waals surface area (Å²) in [6.45, 7) is 3.03. The minimum Gasteiger partial charge on any atom is -0.507 e. The number of nitrogens with two attached hydrogens (primary N) is 1. The number of phenolic OH excluding ortho intramolecular Hbond substituents is 4. The van der Waals surface area contributed by atoms with Crippen LogP contribution in [0.5, 0.6) is 28.7 Å². The van der Waals surface area contributed by atoms with Gasteiger partial charge in [-0.3, -0.25) is 0 Å². The van der Waals surface area contributed by atoms with Crippen LogP contribution in [0.3, 0.4) is 0 Å². The molecular weight excluding hydrogens is 498 g/mol. The van der Waals surface area contributed by atoms with Crippen molar-refractivity contribution in [3.05, 3.63) is 29.3 Å². The van der Waals surface area contributed by atoms with Gasteiger partial charge in [0.1, 0.15) is 28.7 Å². The number of fused-ring (bicyclic) bond motifs is 3. The minimum atomic E-state index is -1.77. The predicted molar refractivity (Wildman–Crippen MR) is 136 cm³/mol. The number of rotatable bonds is 4. The standard InChI is InChI=1S/C27H33NO10/c1-10-22(30)14(28)7-17(37-10)38-16-9-27(35,11(2)29)8-13-19(16)26(34)21-20(24(13)32)23(31)12-5-4-6-15(36-3)18(12)25(21)33/h4-6,10-11,14,16-17,22,29-35H,7-9,28H2,1-3H3/t10-,11?,14-,16-,17-,22+,27-/m0/s1. The second-order valence-corrected chi connectivity index (χ2v) is 10.4. The topological polar surface area (TPSA) is 195 Å². The fourth-order valence-electron chi connectivity index (χ4n) is 5.77. The van der Waals surface area contributed by atoms with Crippen LogP contribution in [0.2, 0.25) is 0 Å². The first-order valence-electron chi connectivity index (χ1n) is 12.5. The number of methoxy groups -OCH3 is 1. The van der Waals surface area contributed by atoms with Crippen molar-refractivity contribution in [2.45, 2.75) is 75.5 Å². The Hall–Kier alpha value is -3.06. The lowest BCUT2D eigenvalue weighted by Crippen LogP contribution is -2.53. The maximum Gasteiger partial charge on any atom is 0.160 e. The molecule has 1 fully saturated rings. The Labute approximate surface area is 218 Å². The summed E-state index contributed by atoms with van der Waals surface area (Å²) >= 11 is 0. The molecule has 5 rings (SSSR count). The van der Waals surface area contributed by atoms with Crippen molar-refractivity contribution in [3.63, 3.8) is 0 Å². The van der Waals surface area contributed by atoms with Crippen LogP contribution in [0, 0.1) is 0 Å². The van der Waals surface area contributed by atoms with Gasteiger partial charge in [0, 0.05) is 41.8 Å². The van der Waals surface area contributed by atoms with E-state index in [1.807, 2.05) is 0 Å². The van der Waals surface area contributed by atoms with Gasteiger partial charge in [-0.15, -0.1) is 0 Å². The zero-order valence-electron chi connectivity index (χ0n) is 21.3. The number of ether oxygens (including phenoxy) is 3. The fourth-order valence-corrected chi connectivity index (χ4v) is 5.77. The number of hydrogen-bond donors (Lipinski definition) is 8. The largest absolute Gasteiger partial charge is 0.507 e. The number of aromatic hydroxyl groups is 4. The van der Waals surface area contributed by atoms with E-state index in [1.54, 1.807) is 19.1 Å². The van der Waals surface area contributed by atoms with E-state index in [1.165, 1.54) is 20.1 Å². The highest BCUT2D eigenvalue weighted by molar-refractivity contribution is 6.17. The molecule has 0 bridgehead atoms. The molecule has 1 unspecified atom stereocenters. The highest BCUT2D eigenvalue weighted by Crippen LogP contribution is 2.57. The lowest BCUT2D eigenvalue weighted by molar-refractivity contribution is -0.250. The van der Waals surface area contributed by atoms with Crippen molar-refractivity contribution in [2.24, 2.45) is 5.73 Å². The van der Waals surface area contributed by atoms with Gasteiger partial charge in [0.15, 0.2) is 6.29 Å². The van der Waals surface area contributed by atoms with E-state index in [4.69, 9.17) is 19.9 Å². The Morgan fingerprint density at radius 2 is 1.74 bits per heavy atom. The maximum absolute atomic E-state index is 11.6. The number of aliphatic hydroxyl groups is 3. The molecule has 206 valence electrons. The highest BCUT2D eigenvalue weighted by Gasteiger charge is 2.47. The molecule has 1 aliphatic carbocycles. The Kier molecular flexibility index (Phi) is 6.49. The number of aliphatic hydroxyl groups excluding tert-OH is 2. The van der Waals surface area contributed by atoms with Crippen LogP contribution in [0.4, 0.5) is 0 Å². The minimum absolute atomic E-state index is 0.0415. The molecule has 0 spiro atoms. The first kappa shape index (κ1) is 26.5. The summed E-state index contributed by atoms with van der Waals surface area (Å²) in [5, 5.41) is 77.2. The van der Waals surface area contributed by atoms with Gasteiger partial charge >= 0.3 is 0 Å². The molecule has 11 heteroatoms. The molecule has 0 amide bonds. The van der Waals surface area contributed by atoms with E-state index in [9.17, 15) is 35.7 Å². The van der Waals surface area contributed by atoms with E-state index >= 15 is 0 Å². The van der Waals surface area contributed by atoms with Gasteiger partial charge in [0.25, 0.3) is 0 Å². The monoisotopic (exact) mass is 531 g/mol. The summed E-state index contributed by atoms with van der Waals surface area (Å²) in [6.07, 6.45) is -5.22. The van der Waals surface area contributed by atoms with E-state index in [0.29, 0.717) is 0 Å². The Morgan fingerprint density at radius 1 is 1.05 bits per heavy atom. The van der Waals surface area contributed by atoms with Crippen molar-refractivity contribution < 1.29 is 50.0 Å². The van der Waals surface area contributed by atoms with Crippen LogP contribution in [0.25, 0.3) is 21.5 Å². The lowest BCUT2D eigenvalue weighted by atomic mass is 9.74. The van der Waals surface area contributed by atoms with Crippen molar-refractivity contribution in [1.29, 1.82) is 0 Å². The average Bonchev–Trinajstić information content (AvgIpc) is 2.87. The summed E-state index contributed by atoms with van der Waals surface area (Å²) in [5.74, 6) is -1.55. The Morgan fingerprint density at radius 3 is 2.37 bits per heavy atom. The molecule has 0 aromatic heterocycles. The normalized spacial score (nSPS) is 30.3. The molecule has 0 radical (unpaired) electrons. The Balaban J connectivity index is 1.76. The van der Waals surface area contributed by atoms with E-state index in [0.717, 1.165) is 0 Å². The van der Waals surface area contributed by atoms with Gasteiger partial charge < -0.3 is 55.7 Å². The van der Waals surface area contributed by atoms with Crippen LogP contribution < -0.4 is 10.5 Å². The third-order valence-corrected chi connectivity index (χ3v) is 7.99. The average molecular weight is 532 g/mol. The third-order valence-electron chi connectivity index (χ3n) is 7.99. The predicted octanol–water partition coefficient (Wildman–Crippen LogP) is 1.76. The SMILES string of the molecule is COc1cccc2c(O)c3c(O)c4c(c(O)c3c(O)c12)[C@@H](O[C@H]1C[C@H](N)[C@H](O)[C@H](C)O1)C[C@](O)(C(C)O)C4. The molecule has 2 aliphatic rings. The maximum atomic E-state index is 11.6. The number of benzene rings is 3. The second-order valence-electron chi connectivity index (χ2n) is 10.4. The molecule has 3 aromatic carbocycles. The van der Waals surface area contributed by atoms with Gasteiger partial charge in [0.05, 0.1) is 53.3 Å². The zero-order chi connectivity index (χ0) is 27.7. The van der Waals surface area contributed by atoms with Gasteiger partial charge in [0.2, 0.25) is 0 Å². The smallest absolute Gasteiger partial charge is 0.160 e. The lowest BCUT2D eigenvalue weighted by Gasteiger charge is -2.43. The molecule has 38 heavy (non-hydrogen) atoms. The van der Waals surface area contributed by atoms with Crippen LogP contribution in [0.1, 0.15) is 43.9 Å². The molecule has 11 nitrogen and oxygen atoms in total. The molecule has 1 heterocycles. The molecule has 0 saturated carbocycles. The molecule has 3 aromatic rings. The molecule has 1 aliphatic heterocycles. The summed E-state index contributed by atoms with van der Waals surface area (Å²) in [6, 6.07) is 4.06. The van der Waals surface area contributed by atoms with Crippen molar-refractivity contribution >= 4 is 21.5 Å². The van der Waals surface area contributed by atoms with Crippen molar-refractivity contribution in [2.75, 3.05) is 7.11 Å². The summed E-state index contributed by atoms with van der Waals surface area (Å²) in [4.78, 5) is 0. The van der Waals surface area contributed by atoms with Crippen molar-refractivity contribution in [3.8, 4) is 28.7 Å². The van der Waals surface area contributed by atoms with Crippen LogP contribution >= 0.6 is 0 Å². The first-order valence-corrected chi connectivity index (χ1v) is 12.5. The first-order chi connectivity index (χ1) is 17.9. The van der Waals surface area contributed by atoms with Crippen molar-refractivity contribution in [1.82, 2.24) is 0 Å². The zero-order valence-corrected chi connectivity index (χ0v) is 21.3. The van der Waals surface area contributed by atoms with E-state index < -0.39 is 65.3 Å². The summed E-state index contributed by atoms with van der Waals surface area (Å²) in [7, 11) is 1.40. The van der Waals surface area contributed by atoms with Crippen LogP contribution in [0.15, 0.2) is 18.2 Å². The molecule has 7 atom stereocenters. The number of phenols is 4. The summed E-state index contributed by atoms with van der Waals surface area (Å²) in [5.41, 5.74) is 4.39. The van der Waals surface area contributed by atoms with Gasteiger partial charge in [-0.25, -0.2) is 0 Å². The van der Waals surface area contributed by atoms with Gasteiger partial charge in [-0.05, 0) is 19.9 Å². The number of hydrogen-bond acceptors (Lipinski definition) is 11. The quantitative estimate of drug-likeness (QED) is 0.180. The van der Waals surface area contributed by atoms with Gasteiger partial charge in [-0.1, -0.05) is 12.1 Å². The molecule has 9 N–H and O–H groups in total. The van der Waals surface area contributed by atoms with Crippen LogP contribution in [-0.2, 0) is 15.9 Å².